The first kappa shape index (κ1) is 22.9. The highest BCUT2D eigenvalue weighted by molar-refractivity contribution is 6.31. The zero-order valence-corrected chi connectivity index (χ0v) is 19.8. The van der Waals surface area contributed by atoms with Gasteiger partial charge in [-0.1, -0.05) is 36.6 Å². The number of nitrogens with one attached hydrogen (secondary N) is 2. The van der Waals surface area contributed by atoms with Crippen molar-refractivity contribution in [3.05, 3.63) is 58.9 Å². The first-order chi connectivity index (χ1) is 16.5. The van der Waals surface area contributed by atoms with Crippen molar-refractivity contribution in [2.75, 3.05) is 25.0 Å². The number of nitrogens with zero attached hydrogens (tertiary/aromatic N) is 2. The molecule has 1 saturated carbocycles. The maximum atomic E-state index is 12.8. The monoisotopic (exact) mass is 480 g/mol. The van der Waals surface area contributed by atoms with Crippen LogP contribution in [0.5, 0.6) is 0 Å². The normalized spacial score (nSPS) is 17.8. The van der Waals surface area contributed by atoms with Crippen LogP contribution in [0, 0.1) is 0 Å². The van der Waals surface area contributed by atoms with Gasteiger partial charge in [0.1, 0.15) is 5.52 Å². The van der Waals surface area contributed by atoms with Crippen LogP contribution in [0.4, 0.5) is 5.69 Å². The van der Waals surface area contributed by atoms with E-state index in [0.717, 1.165) is 68.6 Å². The van der Waals surface area contributed by atoms with Crippen LogP contribution in [0.1, 0.15) is 60.7 Å². The first-order valence-electron chi connectivity index (χ1n) is 12.0. The van der Waals surface area contributed by atoms with E-state index in [1.807, 2.05) is 24.3 Å². The van der Waals surface area contributed by atoms with Crippen LogP contribution < -0.4 is 10.6 Å². The van der Waals surface area contributed by atoms with Gasteiger partial charge in [-0.05, 0) is 69.1 Å². The van der Waals surface area contributed by atoms with Gasteiger partial charge in [0.05, 0.1) is 17.8 Å². The second kappa shape index (κ2) is 10.2. The van der Waals surface area contributed by atoms with E-state index in [2.05, 4.69) is 20.5 Å². The Hall–Kier alpha value is -2.90. The Balaban J connectivity index is 1.15. The molecule has 7 nitrogen and oxygen atoms in total. The number of aromatic nitrogens is 1. The lowest BCUT2D eigenvalue weighted by molar-refractivity contribution is -0.117. The van der Waals surface area contributed by atoms with Crippen molar-refractivity contribution < 1.29 is 14.0 Å². The van der Waals surface area contributed by atoms with Crippen molar-refractivity contribution in [3.63, 3.8) is 0 Å². The fourth-order valence-corrected chi connectivity index (χ4v) is 5.11. The summed E-state index contributed by atoms with van der Waals surface area (Å²) in [5, 5.41) is 6.69. The number of amides is 2. The Morgan fingerprint density at radius 2 is 1.82 bits per heavy atom. The largest absolute Gasteiger partial charge is 0.440 e. The number of para-hydroxylation sites is 1. The predicted molar refractivity (Wildman–Crippen MR) is 132 cm³/mol. The van der Waals surface area contributed by atoms with Crippen LogP contribution in [-0.2, 0) is 4.79 Å². The number of carbonyl (C=O) groups is 2. The van der Waals surface area contributed by atoms with Crippen molar-refractivity contribution in [1.29, 1.82) is 0 Å². The fraction of sp³-hybridized carbons (Fsp3) is 0.423. The number of piperidine rings is 1. The summed E-state index contributed by atoms with van der Waals surface area (Å²) in [6, 6.07) is 12.9. The third-order valence-corrected chi connectivity index (χ3v) is 7.04. The summed E-state index contributed by atoms with van der Waals surface area (Å²) in [6.07, 6.45) is 6.09. The van der Waals surface area contributed by atoms with Gasteiger partial charge >= 0.3 is 0 Å². The second-order valence-electron chi connectivity index (χ2n) is 9.26. The van der Waals surface area contributed by atoms with Crippen molar-refractivity contribution in [2.24, 2.45) is 0 Å². The van der Waals surface area contributed by atoms with E-state index >= 15 is 0 Å². The Kier molecular flexibility index (Phi) is 6.83. The van der Waals surface area contributed by atoms with Crippen molar-refractivity contribution >= 4 is 40.2 Å². The van der Waals surface area contributed by atoms with E-state index in [0.29, 0.717) is 16.3 Å². The summed E-state index contributed by atoms with van der Waals surface area (Å²) in [6.45, 7) is 1.84. The molecule has 2 N–H and O–H groups in total. The lowest BCUT2D eigenvalue weighted by Crippen LogP contribution is -2.39. The van der Waals surface area contributed by atoms with Gasteiger partial charge in [-0.25, -0.2) is 4.98 Å². The lowest BCUT2D eigenvalue weighted by atomic mass is 9.97. The molecule has 2 amide bonds. The average Bonchev–Trinajstić information content (AvgIpc) is 3.49. The number of oxazole rings is 1. The molecule has 1 aliphatic carbocycles. The molecule has 0 radical (unpaired) electrons. The summed E-state index contributed by atoms with van der Waals surface area (Å²) >= 11 is 6.06. The van der Waals surface area contributed by atoms with E-state index < -0.39 is 0 Å². The zero-order chi connectivity index (χ0) is 23.5. The Bertz CT molecular complexity index is 1180. The molecule has 178 valence electrons. The van der Waals surface area contributed by atoms with Gasteiger partial charge in [0, 0.05) is 17.0 Å². The molecule has 2 heterocycles. The third kappa shape index (κ3) is 5.26. The van der Waals surface area contributed by atoms with Crippen LogP contribution in [0.2, 0.25) is 5.02 Å². The summed E-state index contributed by atoms with van der Waals surface area (Å²) in [4.78, 5) is 32.3. The molecule has 8 heteroatoms. The lowest BCUT2D eigenvalue weighted by Gasteiger charge is -2.30. The van der Waals surface area contributed by atoms with Gasteiger partial charge in [-0.15, -0.1) is 0 Å². The van der Waals surface area contributed by atoms with Crippen LogP contribution >= 0.6 is 11.6 Å². The van der Waals surface area contributed by atoms with Gasteiger partial charge < -0.3 is 15.1 Å². The number of benzene rings is 2. The smallest absolute Gasteiger partial charge is 0.253 e. The number of carbonyl (C=O) groups excluding carboxylic acids is 2. The number of fused-ring (bicyclic) bond motifs is 1. The van der Waals surface area contributed by atoms with E-state index in [1.165, 1.54) is 0 Å². The molecule has 0 atom stereocenters. The SMILES string of the molecule is O=C(CN1CCC(c2nc3cc(Cl)ccc3o2)CC1)Nc1ccccc1C(=O)NC1CCCC1. The molecule has 2 fully saturated rings. The number of hydrogen-bond donors (Lipinski definition) is 2. The van der Waals surface area contributed by atoms with Crippen molar-refractivity contribution in [3.8, 4) is 0 Å². The predicted octanol–water partition coefficient (Wildman–Crippen LogP) is 4.97. The first-order valence-corrected chi connectivity index (χ1v) is 12.4. The summed E-state index contributed by atoms with van der Waals surface area (Å²) in [5.41, 5.74) is 2.59. The highest BCUT2D eigenvalue weighted by atomic mass is 35.5. The van der Waals surface area contributed by atoms with Gasteiger partial charge in [-0.3, -0.25) is 14.5 Å². The van der Waals surface area contributed by atoms with Gasteiger partial charge in [0.2, 0.25) is 5.91 Å². The molecule has 2 aliphatic rings. The number of halogens is 1. The quantitative estimate of drug-likeness (QED) is 0.520. The molecular weight excluding hydrogens is 452 g/mol. The van der Waals surface area contributed by atoms with E-state index in [1.54, 1.807) is 18.2 Å². The van der Waals surface area contributed by atoms with Gasteiger partial charge in [0.15, 0.2) is 11.5 Å². The Morgan fingerprint density at radius 3 is 2.62 bits per heavy atom. The van der Waals surface area contributed by atoms with Crippen LogP contribution in [0.3, 0.4) is 0 Å². The number of anilines is 1. The maximum absolute atomic E-state index is 12.8. The standard InChI is InChI=1S/C26H29ClN4O3/c27-18-9-10-23-22(15-18)30-26(34-23)17-11-13-31(14-12-17)16-24(32)29-21-8-4-3-7-20(21)25(33)28-19-5-1-2-6-19/h3-4,7-10,15,17,19H,1-2,5-6,11-14,16H2,(H,28,33)(H,29,32). The summed E-state index contributed by atoms with van der Waals surface area (Å²) in [5.74, 6) is 0.730. The molecular formula is C26H29ClN4O3. The molecule has 1 aromatic heterocycles. The van der Waals surface area contributed by atoms with Crippen LogP contribution in [0.15, 0.2) is 46.9 Å². The van der Waals surface area contributed by atoms with E-state index in [9.17, 15) is 9.59 Å². The van der Waals surface area contributed by atoms with E-state index in [4.69, 9.17) is 16.0 Å². The highest BCUT2D eigenvalue weighted by Crippen LogP contribution is 2.31. The molecule has 0 unspecified atom stereocenters. The number of likely N-dealkylation sites (tertiary alicyclic amines) is 1. The van der Waals surface area contributed by atoms with Crippen LogP contribution in [0.25, 0.3) is 11.1 Å². The molecule has 3 aromatic rings. The molecule has 2 aromatic carbocycles. The highest BCUT2D eigenvalue weighted by Gasteiger charge is 2.26. The third-order valence-electron chi connectivity index (χ3n) is 6.81. The average molecular weight is 481 g/mol. The van der Waals surface area contributed by atoms with Crippen molar-refractivity contribution in [1.82, 2.24) is 15.2 Å². The molecule has 0 spiro atoms. The number of hydrogen-bond acceptors (Lipinski definition) is 5. The molecule has 0 bridgehead atoms. The zero-order valence-electron chi connectivity index (χ0n) is 19.1. The topological polar surface area (TPSA) is 87.5 Å². The minimum atomic E-state index is -0.122. The fourth-order valence-electron chi connectivity index (χ4n) is 4.95. The Morgan fingerprint density at radius 1 is 1.06 bits per heavy atom. The van der Waals surface area contributed by atoms with Gasteiger partial charge in [-0.2, -0.15) is 0 Å². The minimum Gasteiger partial charge on any atom is -0.440 e. The number of rotatable bonds is 6. The van der Waals surface area contributed by atoms with Crippen molar-refractivity contribution in [2.45, 2.75) is 50.5 Å². The van der Waals surface area contributed by atoms with Gasteiger partial charge in [0.25, 0.3) is 5.91 Å². The molecule has 1 saturated heterocycles. The second-order valence-corrected chi connectivity index (χ2v) is 9.70. The molecule has 34 heavy (non-hydrogen) atoms. The molecule has 1 aliphatic heterocycles. The summed E-state index contributed by atoms with van der Waals surface area (Å²) in [7, 11) is 0. The summed E-state index contributed by atoms with van der Waals surface area (Å²) < 4.78 is 5.94. The van der Waals surface area contributed by atoms with Crippen LogP contribution in [-0.4, -0.2) is 47.4 Å². The molecule has 5 rings (SSSR count). The maximum Gasteiger partial charge on any atom is 0.253 e. The minimum absolute atomic E-state index is 0.115. The Labute approximate surface area is 203 Å². The van der Waals surface area contributed by atoms with E-state index in [-0.39, 0.29) is 30.3 Å².